The molecule has 192 valence electrons. The number of benzene rings is 2. The summed E-state index contributed by atoms with van der Waals surface area (Å²) in [6.45, 7) is 6.59. The number of likely N-dealkylation sites (tertiary alicyclic amines) is 1. The molecular weight excluding hydrogens is 468 g/mol. The summed E-state index contributed by atoms with van der Waals surface area (Å²) >= 11 is 0. The van der Waals surface area contributed by atoms with Crippen LogP contribution in [0.2, 0.25) is 0 Å². The molecule has 1 aromatic heterocycles. The molecule has 1 amide bonds. The normalized spacial score (nSPS) is 16.1. The number of aromatic hydroxyl groups is 1. The predicted molar refractivity (Wildman–Crippen MR) is 139 cm³/mol. The van der Waals surface area contributed by atoms with Gasteiger partial charge in [0.05, 0.1) is 23.8 Å². The molecule has 1 N–H and O–H groups in total. The maximum atomic E-state index is 13.6. The molecule has 2 atom stereocenters. The molecule has 1 saturated heterocycles. The van der Waals surface area contributed by atoms with Crippen LogP contribution in [0, 0.1) is 11.3 Å². The summed E-state index contributed by atoms with van der Waals surface area (Å²) in [5.41, 5.74) is 1.27. The first-order valence-electron chi connectivity index (χ1n) is 12.6. The fourth-order valence-electron chi connectivity index (χ4n) is 4.91. The molecule has 1 fully saturated rings. The van der Waals surface area contributed by atoms with E-state index in [1.807, 2.05) is 57.2 Å². The smallest absolute Gasteiger partial charge is 0.289 e. The standard InChI is InChI=1S/C29H32N4O4/c1-4-24(22-12-8-9-20(15-22)16-30)33-25(18-37-19(2)3)31-27(34)26(29(33)36)28(35)32-14-13-23(17-32)21-10-6-5-7-11-21/h5-12,15,19,23-24,36H,4,13-14,17-18H2,1-3H3/t23-,24+/m0/s1. The van der Waals surface area contributed by atoms with Crippen molar-refractivity contribution >= 4 is 5.91 Å². The molecule has 4 rings (SSSR count). The van der Waals surface area contributed by atoms with Gasteiger partial charge in [-0.25, -0.2) is 0 Å². The highest BCUT2D eigenvalue weighted by molar-refractivity contribution is 5.96. The molecule has 1 aliphatic rings. The van der Waals surface area contributed by atoms with E-state index in [1.54, 1.807) is 23.1 Å². The van der Waals surface area contributed by atoms with Gasteiger partial charge in [-0.2, -0.15) is 10.2 Å². The van der Waals surface area contributed by atoms with Crippen LogP contribution in [-0.2, 0) is 11.3 Å². The molecule has 0 unspecified atom stereocenters. The first kappa shape index (κ1) is 26.1. The number of hydrogen-bond acceptors (Lipinski definition) is 6. The Labute approximate surface area is 216 Å². The van der Waals surface area contributed by atoms with Crippen LogP contribution in [0.15, 0.2) is 59.4 Å². The van der Waals surface area contributed by atoms with Gasteiger partial charge in [0.1, 0.15) is 12.4 Å². The van der Waals surface area contributed by atoms with Crippen LogP contribution in [0.4, 0.5) is 0 Å². The second-order valence-electron chi connectivity index (χ2n) is 9.57. The van der Waals surface area contributed by atoms with Crippen molar-refractivity contribution in [3.05, 3.63) is 93.0 Å². The van der Waals surface area contributed by atoms with Crippen molar-refractivity contribution in [1.82, 2.24) is 14.5 Å². The minimum Gasteiger partial charge on any atom is -0.494 e. The molecule has 0 radical (unpaired) electrons. The Morgan fingerprint density at radius 3 is 2.65 bits per heavy atom. The molecule has 37 heavy (non-hydrogen) atoms. The van der Waals surface area contributed by atoms with Crippen LogP contribution in [0.3, 0.4) is 0 Å². The Hall–Kier alpha value is -3.96. The zero-order chi connectivity index (χ0) is 26.5. The fourth-order valence-corrected chi connectivity index (χ4v) is 4.91. The third kappa shape index (κ3) is 5.57. The maximum absolute atomic E-state index is 13.6. The zero-order valence-electron chi connectivity index (χ0n) is 21.4. The average molecular weight is 501 g/mol. The van der Waals surface area contributed by atoms with Crippen molar-refractivity contribution in [3.63, 3.8) is 0 Å². The molecular formula is C29H32N4O4. The van der Waals surface area contributed by atoms with Crippen LogP contribution in [0.25, 0.3) is 0 Å². The zero-order valence-corrected chi connectivity index (χ0v) is 21.4. The third-order valence-corrected chi connectivity index (χ3v) is 6.78. The molecule has 8 heteroatoms. The SMILES string of the molecule is CC[C@H](c1cccc(C#N)c1)n1c(COC(C)C)nc(=O)c(C(=O)N2CC[C@H](c3ccccc3)C2)c1O. The Kier molecular flexibility index (Phi) is 8.04. The first-order chi connectivity index (χ1) is 17.8. The second-order valence-corrected chi connectivity index (χ2v) is 9.57. The molecule has 8 nitrogen and oxygen atoms in total. The highest BCUT2D eigenvalue weighted by Crippen LogP contribution is 2.32. The summed E-state index contributed by atoms with van der Waals surface area (Å²) in [6.07, 6.45) is 1.17. The van der Waals surface area contributed by atoms with Crippen molar-refractivity contribution in [2.75, 3.05) is 13.1 Å². The van der Waals surface area contributed by atoms with E-state index >= 15 is 0 Å². The number of carbonyl (C=O) groups excluding carboxylic acids is 1. The molecule has 2 aromatic carbocycles. The summed E-state index contributed by atoms with van der Waals surface area (Å²) < 4.78 is 7.25. The minimum atomic E-state index is -0.773. The lowest BCUT2D eigenvalue weighted by Crippen LogP contribution is -2.36. The van der Waals surface area contributed by atoms with Gasteiger partial charge in [0, 0.05) is 19.0 Å². The number of aromatic nitrogens is 2. The fraction of sp³-hybridized carbons (Fsp3) is 0.379. The van der Waals surface area contributed by atoms with Gasteiger partial charge in [0.15, 0.2) is 5.56 Å². The molecule has 2 heterocycles. The van der Waals surface area contributed by atoms with Gasteiger partial charge < -0.3 is 14.7 Å². The topological polar surface area (TPSA) is 108 Å². The highest BCUT2D eigenvalue weighted by Gasteiger charge is 2.33. The Morgan fingerprint density at radius 2 is 1.97 bits per heavy atom. The maximum Gasteiger partial charge on any atom is 0.289 e. The van der Waals surface area contributed by atoms with E-state index in [-0.39, 0.29) is 30.0 Å². The molecule has 0 aliphatic carbocycles. The van der Waals surface area contributed by atoms with Crippen molar-refractivity contribution in [2.24, 2.45) is 0 Å². The Bertz CT molecular complexity index is 1360. The number of carbonyl (C=O) groups is 1. The van der Waals surface area contributed by atoms with Crippen LogP contribution in [-0.4, -0.2) is 44.7 Å². The van der Waals surface area contributed by atoms with Crippen LogP contribution >= 0.6 is 0 Å². The third-order valence-electron chi connectivity index (χ3n) is 6.78. The van der Waals surface area contributed by atoms with E-state index in [1.165, 1.54) is 4.57 Å². The Balaban J connectivity index is 1.76. The van der Waals surface area contributed by atoms with E-state index in [4.69, 9.17) is 4.74 Å². The minimum absolute atomic E-state index is 0.0107. The van der Waals surface area contributed by atoms with Crippen LogP contribution in [0.5, 0.6) is 5.88 Å². The van der Waals surface area contributed by atoms with Gasteiger partial charge in [-0.3, -0.25) is 14.2 Å². The lowest BCUT2D eigenvalue weighted by molar-refractivity contribution is 0.0569. The van der Waals surface area contributed by atoms with E-state index in [9.17, 15) is 20.0 Å². The summed E-state index contributed by atoms with van der Waals surface area (Å²) in [5.74, 6) is -0.562. The van der Waals surface area contributed by atoms with Crippen molar-refractivity contribution in [3.8, 4) is 11.9 Å². The van der Waals surface area contributed by atoms with Gasteiger partial charge in [-0.05, 0) is 49.9 Å². The van der Waals surface area contributed by atoms with Crippen molar-refractivity contribution < 1.29 is 14.6 Å². The summed E-state index contributed by atoms with van der Waals surface area (Å²) in [7, 11) is 0. The van der Waals surface area contributed by atoms with E-state index in [0.717, 1.165) is 17.5 Å². The predicted octanol–water partition coefficient (Wildman–Crippen LogP) is 4.37. The van der Waals surface area contributed by atoms with Crippen molar-refractivity contribution in [2.45, 2.75) is 58.3 Å². The first-order valence-corrected chi connectivity index (χ1v) is 12.6. The summed E-state index contributed by atoms with van der Waals surface area (Å²) in [4.78, 5) is 32.5. The number of hydrogen-bond donors (Lipinski definition) is 1. The monoisotopic (exact) mass is 500 g/mol. The lowest BCUT2D eigenvalue weighted by atomic mass is 9.99. The van der Waals surface area contributed by atoms with Gasteiger partial charge >= 0.3 is 0 Å². The molecule has 1 aliphatic heterocycles. The van der Waals surface area contributed by atoms with Gasteiger partial charge in [-0.15, -0.1) is 0 Å². The number of rotatable bonds is 8. The van der Waals surface area contributed by atoms with Gasteiger partial charge in [-0.1, -0.05) is 49.4 Å². The number of ether oxygens (including phenoxy) is 1. The van der Waals surface area contributed by atoms with E-state index in [2.05, 4.69) is 11.1 Å². The molecule has 3 aromatic rings. The number of amides is 1. The van der Waals surface area contributed by atoms with E-state index in [0.29, 0.717) is 25.1 Å². The number of nitriles is 1. The van der Waals surface area contributed by atoms with Crippen molar-refractivity contribution in [1.29, 1.82) is 5.26 Å². The summed E-state index contributed by atoms with van der Waals surface area (Å²) in [5, 5.41) is 20.9. The second kappa shape index (κ2) is 11.4. The van der Waals surface area contributed by atoms with Gasteiger partial charge in [0.25, 0.3) is 11.5 Å². The molecule has 0 bridgehead atoms. The highest BCUT2D eigenvalue weighted by atomic mass is 16.5. The van der Waals surface area contributed by atoms with E-state index < -0.39 is 23.4 Å². The molecule has 0 saturated carbocycles. The lowest BCUT2D eigenvalue weighted by Gasteiger charge is -2.26. The Morgan fingerprint density at radius 1 is 1.22 bits per heavy atom. The number of nitrogens with zero attached hydrogens (tertiary/aromatic N) is 4. The molecule has 0 spiro atoms. The quantitative estimate of drug-likeness (QED) is 0.492. The summed E-state index contributed by atoms with van der Waals surface area (Å²) in [6, 6.07) is 18.7. The van der Waals surface area contributed by atoms with Gasteiger partial charge in [0.2, 0.25) is 5.88 Å². The van der Waals surface area contributed by atoms with Crippen LogP contribution in [0.1, 0.15) is 78.4 Å². The largest absolute Gasteiger partial charge is 0.494 e. The van der Waals surface area contributed by atoms with Crippen LogP contribution < -0.4 is 5.56 Å². The average Bonchev–Trinajstić information content (AvgIpc) is 3.40.